The monoisotopic (exact) mass is 301 g/mol. The zero-order valence-corrected chi connectivity index (χ0v) is 13.5. The van der Waals surface area contributed by atoms with Gasteiger partial charge in [0, 0.05) is 26.2 Å². The number of hydrogen-bond donors (Lipinski definition) is 1. The van der Waals surface area contributed by atoms with Crippen LogP contribution in [-0.2, 0) is 14.3 Å². The maximum atomic E-state index is 12.5. The predicted octanol–water partition coefficient (Wildman–Crippen LogP) is 2.66. The lowest BCUT2D eigenvalue weighted by molar-refractivity contribution is -0.152. The van der Waals surface area contributed by atoms with E-state index < -0.39 is 23.2 Å². The van der Waals surface area contributed by atoms with Crippen molar-refractivity contribution in [1.82, 2.24) is 4.90 Å². The molecule has 122 valence electrons. The Morgan fingerprint density at radius 2 is 1.95 bits per heavy atom. The molecule has 1 amide bonds. The average Bonchev–Trinajstić information content (AvgIpc) is 2.60. The molecule has 0 aromatic carbocycles. The van der Waals surface area contributed by atoms with Crippen LogP contribution in [0.2, 0.25) is 0 Å². The van der Waals surface area contributed by atoms with Gasteiger partial charge >= 0.3 is 12.1 Å². The first kappa shape index (κ1) is 17.8. The number of amides is 1. The van der Waals surface area contributed by atoms with E-state index in [1.54, 1.807) is 20.8 Å². The highest BCUT2D eigenvalue weighted by Crippen LogP contribution is 2.30. The van der Waals surface area contributed by atoms with E-state index in [0.29, 0.717) is 45.4 Å². The molecule has 6 nitrogen and oxygen atoms in total. The van der Waals surface area contributed by atoms with Gasteiger partial charge in [-0.15, -0.1) is 0 Å². The first-order valence-electron chi connectivity index (χ1n) is 7.55. The molecule has 1 atom stereocenters. The van der Waals surface area contributed by atoms with Gasteiger partial charge in [0.25, 0.3) is 0 Å². The van der Waals surface area contributed by atoms with Crippen molar-refractivity contribution in [3.8, 4) is 0 Å². The number of carboxylic acid groups (broad SMARTS) is 1. The maximum absolute atomic E-state index is 12.5. The van der Waals surface area contributed by atoms with Crippen LogP contribution in [0.15, 0.2) is 0 Å². The van der Waals surface area contributed by atoms with Crippen LogP contribution in [0.3, 0.4) is 0 Å². The highest BCUT2D eigenvalue weighted by molar-refractivity contribution is 5.84. The normalized spacial score (nSPS) is 23.2. The van der Waals surface area contributed by atoms with E-state index in [-0.39, 0.29) is 0 Å². The highest BCUT2D eigenvalue weighted by atomic mass is 16.6. The Bertz CT molecular complexity index is 367. The number of carbonyl (C=O) groups excluding carboxylic acids is 1. The van der Waals surface area contributed by atoms with Gasteiger partial charge < -0.3 is 14.6 Å². The summed E-state index contributed by atoms with van der Waals surface area (Å²) in [6.45, 7) is 8.48. The van der Waals surface area contributed by atoms with Crippen LogP contribution < -0.4 is 0 Å². The van der Waals surface area contributed by atoms with Crippen molar-refractivity contribution < 1.29 is 24.2 Å². The summed E-state index contributed by atoms with van der Waals surface area (Å²) in [5.41, 5.74) is -1.88. The smallest absolute Gasteiger partial charge is 0.411 e. The fourth-order valence-corrected chi connectivity index (χ4v) is 2.55. The van der Waals surface area contributed by atoms with Crippen molar-refractivity contribution in [3.63, 3.8) is 0 Å². The first-order valence-corrected chi connectivity index (χ1v) is 7.55. The number of aliphatic carboxylic acids is 1. The summed E-state index contributed by atoms with van der Waals surface area (Å²) in [5, 5.41) is 9.75. The molecule has 6 heteroatoms. The molecule has 1 rings (SSSR count). The molecular formula is C15H27NO5. The summed E-state index contributed by atoms with van der Waals surface area (Å²) in [6.07, 6.45) is 1.42. The van der Waals surface area contributed by atoms with Crippen molar-refractivity contribution >= 4 is 12.1 Å². The quantitative estimate of drug-likeness (QED) is 0.864. The maximum Gasteiger partial charge on any atom is 0.411 e. The van der Waals surface area contributed by atoms with E-state index in [1.807, 2.05) is 6.92 Å². The van der Waals surface area contributed by atoms with Crippen molar-refractivity contribution in [2.75, 3.05) is 19.8 Å². The third kappa shape index (κ3) is 4.59. The Morgan fingerprint density at radius 3 is 2.48 bits per heavy atom. The van der Waals surface area contributed by atoms with E-state index in [9.17, 15) is 14.7 Å². The predicted molar refractivity (Wildman–Crippen MR) is 78.3 cm³/mol. The molecular weight excluding hydrogens is 274 g/mol. The number of ether oxygens (including phenoxy) is 2. The minimum absolute atomic E-state index is 0.293. The second kappa shape index (κ2) is 7.11. The van der Waals surface area contributed by atoms with Gasteiger partial charge in [-0.1, -0.05) is 6.92 Å². The summed E-state index contributed by atoms with van der Waals surface area (Å²) in [5.74, 6) is -0.979. The van der Waals surface area contributed by atoms with Gasteiger partial charge in [0.1, 0.15) is 11.1 Å². The molecule has 0 radical (unpaired) electrons. The molecule has 1 aliphatic heterocycles. The molecule has 1 N–H and O–H groups in total. The Morgan fingerprint density at radius 1 is 1.29 bits per heavy atom. The Labute approximate surface area is 126 Å². The van der Waals surface area contributed by atoms with Gasteiger partial charge in [-0.2, -0.15) is 0 Å². The third-order valence-corrected chi connectivity index (χ3v) is 3.51. The Balaban J connectivity index is 3.07. The van der Waals surface area contributed by atoms with E-state index in [4.69, 9.17) is 9.47 Å². The molecule has 21 heavy (non-hydrogen) atoms. The minimum atomic E-state index is -1.23. The fourth-order valence-electron chi connectivity index (χ4n) is 2.55. The summed E-state index contributed by atoms with van der Waals surface area (Å²) in [4.78, 5) is 25.8. The first-order chi connectivity index (χ1) is 9.73. The topological polar surface area (TPSA) is 76.1 Å². The molecule has 1 heterocycles. The molecule has 0 aromatic rings. The molecule has 1 fully saturated rings. The van der Waals surface area contributed by atoms with Crippen molar-refractivity contribution in [1.29, 1.82) is 0 Å². The van der Waals surface area contributed by atoms with Crippen LogP contribution in [0.5, 0.6) is 0 Å². The summed E-state index contributed by atoms with van der Waals surface area (Å²) in [6, 6.07) is 0. The second-order valence-corrected chi connectivity index (χ2v) is 6.43. The van der Waals surface area contributed by atoms with Crippen molar-refractivity contribution in [2.24, 2.45) is 0 Å². The van der Waals surface area contributed by atoms with Gasteiger partial charge in [-0.25, -0.2) is 9.59 Å². The van der Waals surface area contributed by atoms with E-state index in [0.717, 1.165) is 0 Å². The number of carboxylic acids is 1. The van der Waals surface area contributed by atoms with Gasteiger partial charge in [-0.05, 0) is 40.0 Å². The molecule has 0 aromatic heterocycles. The van der Waals surface area contributed by atoms with E-state index in [1.165, 1.54) is 4.90 Å². The van der Waals surface area contributed by atoms with Gasteiger partial charge in [0.2, 0.25) is 0 Å². The molecule has 0 saturated carbocycles. The number of carbonyl (C=O) groups is 2. The van der Waals surface area contributed by atoms with Crippen LogP contribution >= 0.6 is 0 Å². The highest BCUT2D eigenvalue weighted by Gasteiger charge is 2.47. The van der Waals surface area contributed by atoms with E-state index >= 15 is 0 Å². The van der Waals surface area contributed by atoms with E-state index in [2.05, 4.69) is 0 Å². The summed E-state index contributed by atoms with van der Waals surface area (Å²) < 4.78 is 10.8. The standard InChI is InChI=1S/C15H27NO5/c1-5-9-16(13(19)21-14(2,3)4)15(12(17)18)7-6-10-20-11-8-15/h5-11H2,1-4H3,(H,17,18). The lowest BCUT2D eigenvalue weighted by atomic mass is 9.88. The van der Waals surface area contributed by atoms with Gasteiger partial charge in [-0.3, -0.25) is 4.90 Å². The second-order valence-electron chi connectivity index (χ2n) is 6.43. The van der Waals surface area contributed by atoms with Crippen LogP contribution in [-0.4, -0.2) is 53.0 Å². The van der Waals surface area contributed by atoms with Crippen molar-refractivity contribution in [3.05, 3.63) is 0 Å². The third-order valence-electron chi connectivity index (χ3n) is 3.51. The SMILES string of the molecule is CCCN(C(=O)OC(C)(C)C)C1(C(=O)O)CCCOCC1. The van der Waals surface area contributed by atoms with Crippen LogP contribution in [0.4, 0.5) is 4.79 Å². The Kier molecular flexibility index (Phi) is 6.01. The minimum Gasteiger partial charge on any atom is -0.479 e. The molecule has 0 aliphatic carbocycles. The molecule has 1 saturated heterocycles. The zero-order valence-electron chi connectivity index (χ0n) is 13.5. The summed E-state index contributed by atoms with van der Waals surface area (Å²) in [7, 11) is 0. The number of rotatable bonds is 4. The molecule has 0 spiro atoms. The largest absolute Gasteiger partial charge is 0.479 e. The lowest BCUT2D eigenvalue weighted by Gasteiger charge is -2.40. The summed E-state index contributed by atoms with van der Waals surface area (Å²) >= 11 is 0. The Hall–Kier alpha value is -1.30. The fraction of sp³-hybridized carbons (Fsp3) is 0.867. The lowest BCUT2D eigenvalue weighted by Crippen LogP contribution is -2.58. The molecule has 1 aliphatic rings. The zero-order chi connectivity index (χ0) is 16.1. The van der Waals surface area contributed by atoms with Gasteiger partial charge in [0.05, 0.1) is 0 Å². The number of hydrogen-bond acceptors (Lipinski definition) is 4. The molecule has 0 bridgehead atoms. The number of nitrogens with zero attached hydrogens (tertiary/aromatic N) is 1. The van der Waals surface area contributed by atoms with Crippen LogP contribution in [0.25, 0.3) is 0 Å². The average molecular weight is 301 g/mol. The van der Waals surface area contributed by atoms with Crippen LogP contribution in [0.1, 0.15) is 53.4 Å². The van der Waals surface area contributed by atoms with Crippen LogP contribution in [0, 0.1) is 0 Å². The molecule has 1 unspecified atom stereocenters. The van der Waals surface area contributed by atoms with Gasteiger partial charge in [0.15, 0.2) is 0 Å². The van der Waals surface area contributed by atoms with Crippen molar-refractivity contribution in [2.45, 2.75) is 64.5 Å².